The fourth-order valence-corrected chi connectivity index (χ4v) is 9.79. The van der Waals surface area contributed by atoms with Crippen LogP contribution in [0.2, 0.25) is 0 Å². The van der Waals surface area contributed by atoms with Gasteiger partial charge in [0, 0.05) is 46.5 Å². The van der Waals surface area contributed by atoms with Crippen LogP contribution in [0.3, 0.4) is 0 Å². The van der Waals surface area contributed by atoms with E-state index in [-0.39, 0.29) is 23.9 Å². The summed E-state index contributed by atoms with van der Waals surface area (Å²) in [4.78, 5) is 46.7. The van der Waals surface area contributed by atoms with Crippen LogP contribution in [0.15, 0.2) is 81.0 Å². The van der Waals surface area contributed by atoms with Crippen molar-refractivity contribution in [3.05, 3.63) is 94.3 Å². The van der Waals surface area contributed by atoms with Crippen molar-refractivity contribution in [1.82, 2.24) is 9.97 Å². The van der Waals surface area contributed by atoms with Gasteiger partial charge in [0.2, 0.25) is 0 Å². The lowest BCUT2D eigenvalue weighted by atomic mass is 9.74. The Morgan fingerprint density at radius 3 is 1.40 bits per heavy atom. The maximum atomic E-state index is 13.5. The first-order chi connectivity index (χ1) is 29.2. The number of carbonyl (C=O) groups is 2. The minimum absolute atomic E-state index is 0.0524. The highest BCUT2D eigenvalue weighted by Gasteiger charge is 2.42. The highest BCUT2D eigenvalue weighted by molar-refractivity contribution is 7.98. The fraction of sp³-hybridized carbons (Fsp3) is 0.435. The quantitative estimate of drug-likeness (QED) is 0.0771. The molecule has 2 aliphatic carbocycles. The molecule has 4 aromatic rings. The zero-order valence-corrected chi connectivity index (χ0v) is 36.4. The molecule has 0 bridgehead atoms. The summed E-state index contributed by atoms with van der Waals surface area (Å²) in [6.45, 7) is 4.83. The summed E-state index contributed by atoms with van der Waals surface area (Å²) in [5.74, 6) is 0.432. The molecule has 2 aromatic heterocycles. The Morgan fingerprint density at radius 1 is 0.617 bits per heavy atom. The highest BCUT2D eigenvalue weighted by Crippen LogP contribution is 2.47. The van der Waals surface area contributed by atoms with Crippen LogP contribution in [-0.2, 0) is 19.1 Å². The van der Waals surface area contributed by atoms with E-state index in [2.05, 4.69) is 9.97 Å². The summed E-state index contributed by atoms with van der Waals surface area (Å²) < 4.78 is 35.4. The van der Waals surface area contributed by atoms with Crippen LogP contribution in [0.1, 0.15) is 97.6 Å². The molecular formula is C46H50N4O8S2. The summed E-state index contributed by atoms with van der Waals surface area (Å²) >= 11 is 3.17. The van der Waals surface area contributed by atoms with E-state index in [0.717, 1.165) is 54.9 Å². The lowest BCUT2D eigenvalue weighted by molar-refractivity contribution is -0.176. The number of carbonyl (C=O) groups excluding carboxylic acids is 2. The molecular weight excluding hydrogens is 801 g/mol. The first-order valence-corrected chi connectivity index (χ1v) is 23.0. The average molecular weight is 851 g/mol. The van der Waals surface area contributed by atoms with E-state index >= 15 is 0 Å². The van der Waals surface area contributed by atoms with Gasteiger partial charge >= 0.3 is 11.9 Å². The van der Waals surface area contributed by atoms with Gasteiger partial charge in [0.05, 0.1) is 61.0 Å². The van der Waals surface area contributed by atoms with Gasteiger partial charge in [0.25, 0.3) is 0 Å². The zero-order valence-electron chi connectivity index (χ0n) is 34.8. The van der Waals surface area contributed by atoms with E-state index in [1.54, 1.807) is 37.7 Å². The SMILES string of the molecule is CCOc1cc2c(cc1OC)C(c1ccc(SC)nc1)=N[C@@H]1CC[C@@H](OC(=O)C(=O)O[C@@H]3CC[C@H]4N=C(c5ccc(SC)nc5)c5cc(OC)c(OCC)cc5[C@H]4C3)C[C@H]21. The number of pyridine rings is 2. The molecule has 14 heteroatoms. The zero-order chi connectivity index (χ0) is 41.9. The Morgan fingerprint density at radius 2 is 1.05 bits per heavy atom. The molecule has 60 heavy (non-hydrogen) atoms. The summed E-state index contributed by atoms with van der Waals surface area (Å²) in [6, 6.07) is 16.0. The van der Waals surface area contributed by atoms with Crippen molar-refractivity contribution in [2.75, 3.05) is 39.9 Å². The second-order valence-corrected chi connectivity index (χ2v) is 16.9. The molecule has 2 saturated carbocycles. The highest BCUT2D eigenvalue weighted by atomic mass is 32.2. The molecule has 4 heterocycles. The normalized spacial score (nSPS) is 22.7. The maximum absolute atomic E-state index is 13.5. The largest absolute Gasteiger partial charge is 0.493 e. The number of nitrogens with zero attached hydrogens (tertiary/aromatic N) is 4. The molecule has 4 aliphatic rings. The third-order valence-electron chi connectivity index (χ3n) is 11.9. The van der Waals surface area contributed by atoms with Crippen LogP contribution in [0.25, 0.3) is 0 Å². The Bertz CT molecular complexity index is 2140. The smallest absolute Gasteiger partial charge is 0.417 e. The molecule has 2 aromatic carbocycles. The summed E-state index contributed by atoms with van der Waals surface area (Å²) in [5, 5.41) is 1.86. The van der Waals surface area contributed by atoms with Gasteiger partial charge in [0.1, 0.15) is 12.2 Å². The lowest BCUT2D eigenvalue weighted by Gasteiger charge is -2.39. The number of rotatable bonds is 12. The first-order valence-electron chi connectivity index (χ1n) is 20.5. The molecule has 12 nitrogen and oxygen atoms in total. The summed E-state index contributed by atoms with van der Waals surface area (Å²) in [6.07, 6.45) is 10.2. The molecule has 6 atom stereocenters. The molecule has 0 N–H and O–H groups in total. The monoisotopic (exact) mass is 850 g/mol. The van der Waals surface area contributed by atoms with Crippen molar-refractivity contribution >= 4 is 46.9 Å². The van der Waals surface area contributed by atoms with Crippen LogP contribution in [0, 0.1) is 0 Å². The van der Waals surface area contributed by atoms with Crippen molar-refractivity contribution in [3.63, 3.8) is 0 Å². The number of fused-ring (bicyclic) bond motifs is 6. The van der Waals surface area contributed by atoms with Crippen molar-refractivity contribution in [3.8, 4) is 23.0 Å². The summed E-state index contributed by atoms with van der Waals surface area (Å²) in [5.41, 5.74) is 7.46. The molecule has 2 fully saturated rings. The van der Waals surface area contributed by atoms with Gasteiger partial charge < -0.3 is 28.4 Å². The van der Waals surface area contributed by atoms with E-state index in [0.29, 0.717) is 74.7 Å². The Labute approximate surface area is 359 Å². The predicted octanol–water partition coefficient (Wildman–Crippen LogP) is 8.23. The predicted molar refractivity (Wildman–Crippen MR) is 232 cm³/mol. The van der Waals surface area contributed by atoms with Crippen molar-refractivity contribution in [2.45, 2.75) is 98.6 Å². The van der Waals surface area contributed by atoms with Gasteiger partial charge in [-0.05, 0) is 125 Å². The van der Waals surface area contributed by atoms with Crippen molar-refractivity contribution in [2.24, 2.45) is 9.98 Å². The standard InChI is InChI=1S/C46H50N4O8S2/c1-7-55-39-19-29-31-17-27(11-13-35(31)49-43(33(29)21-37(39)53-3)25-9-15-41(59-5)47-23-25)57-45(51)46(52)58-28-12-14-36-32(18-28)30-20-40(56-8-2)38(54-4)22-34(30)44(50-36)26-10-16-42(60-6)48-24-26/h9-10,15-16,19-24,27-28,31-32,35-36H,7-8,11-14,17-18H2,1-6H3/t27-,28-,31-,32-,35-,36-/m1/s1. The van der Waals surface area contributed by atoms with E-state index in [9.17, 15) is 9.59 Å². The number of benzene rings is 2. The number of thioether (sulfide) groups is 2. The number of hydrogen-bond donors (Lipinski definition) is 0. The average Bonchev–Trinajstić information content (AvgIpc) is 3.28. The third-order valence-corrected chi connectivity index (χ3v) is 13.2. The van der Waals surface area contributed by atoms with E-state index < -0.39 is 24.1 Å². The van der Waals surface area contributed by atoms with E-state index in [1.165, 1.54) is 0 Å². The van der Waals surface area contributed by atoms with Crippen LogP contribution < -0.4 is 18.9 Å². The van der Waals surface area contributed by atoms with E-state index in [4.69, 9.17) is 38.4 Å². The number of aromatic nitrogens is 2. The number of aliphatic imine (C=N–C) groups is 2. The minimum atomic E-state index is -0.973. The summed E-state index contributed by atoms with van der Waals surface area (Å²) in [7, 11) is 3.25. The molecule has 2 aliphatic heterocycles. The lowest BCUT2D eigenvalue weighted by Crippen LogP contribution is -2.39. The van der Waals surface area contributed by atoms with Crippen LogP contribution in [0.5, 0.6) is 23.0 Å². The molecule has 8 rings (SSSR count). The van der Waals surface area contributed by atoms with Gasteiger partial charge in [-0.2, -0.15) is 0 Å². The van der Waals surface area contributed by atoms with Crippen molar-refractivity contribution < 1.29 is 38.0 Å². The van der Waals surface area contributed by atoms with E-state index in [1.807, 2.05) is 87.3 Å². The van der Waals surface area contributed by atoms with Crippen molar-refractivity contribution in [1.29, 1.82) is 0 Å². The minimum Gasteiger partial charge on any atom is -0.493 e. The molecule has 0 spiro atoms. The number of esters is 2. The number of methoxy groups -OCH3 is 2. The molecule has 0 radical (unpaired) electrons. The van der Waals surface area contributed by atoms with Crippen LogP contribution in [-0.4, -0.2) is 97.6 Å². The molecule has 0 saturated heterocycles. The topological polar surface area (TPSA) is 140 Å². The van der Waals surface area contributed by atoms with Gasteiger partial charge in [-0.3, -0.25) is 9.98 Å². The number of hydrogen-bond acceptors (Lipinski definition) is 14. The fourth-order valence-electron chi connectivity index (χ4n) is 9.07. The number of ether oxygens (including phenoxy) is 6. The molecule has 0 amide bonds. The van der Waals surface area contributed by atoms with Gasteiger partial charge in [-0.1, -0.05) is 0 Å². The van der Waals surface area contributed by atoms with Crippen LogP contribution in [0.4, 0.5) is 0 Å². The molecule has 0 unspecified atom stereocenters. The second-order valence-electron chi connectivity index (χ2n) is 15.2. The first kappa shape index (κ1) is 41.6. The Hall–Kier alpha value is -5.08. The van der Waals surface area contributed by atoms with Gasteiger partial charge in [0.15, 0.2) is 23.0 Å². The molecule has 314 valence electrons. The second kappa shape index (κ2) is 18.3. The Balaban J connectivity index is 0.982. The van der Waals surface area contributed by atoms with Crippen LogP contribution >= 0.6 is 23.5 Å². The maximum Gasteiger partial charge on any atom is 0.417 e. The third kappa shape index (κ3) is 8.32. The Kier molecular flexibility index (Phi) is 12.7. The van der Waals surface area contributed by atoms with Gasteiger partial charge in [-0.15, -0.1) is 23.5 Å². The van der Waals surface area contributed by atoms with Gasteiger partial charge in [-0.25, -0.2) is 19.6 Å².